The lowest BCUT2D eigenvalue weighted by atomic mass is 10.2. The first-order valence-electron chi connectivity index (χ1n) is 11.0. The number of primary sulfonamides is 1. The lowest BCUT2D eigenvalue weighted by molar-refractivity contribution is -0.384. The van der Waals surface area contributed by atoms with E-state index >= 15 is 0 Å². The van der Waals surface area contributed by atoms with Crippen LogP contribution in [0, 0.1) is 10.1 Å². The second kappa shape index (κ2) is 15.6. The maximum atomic E-state index is 11.5. The number of anilines is 1. The van der Waals surface area contributed by atoms with E-state index in [1.165, 1.54) is 12.1 Å². The third kappa shape index (κ3) is 14.6. The maximum Gasteiger partial charge on any atom is 0.308 e. The Hall–Kier alpha value is -2.36. The summed E-state index contributed by atoms with van der Waals surface area (Å²) in [5, 5.41) is 19.0. The largest absolute Gasteiger partial charge is 0.460 e. The molecule has 200 valence electrons. The molecule has 0 aliphatic carbocycles. The van der Waals surface area contributed by atoms with E-state index in [0.29, 0.717) is 39.6 Å². The lowest BCUT2D eigenvalue weighted by Crippen LogP contribution is -2.24. The van der Waals surface area contributed by atoms with Crippen LogP contribution >= 0.6 is 0 Å². The van der Waals surface area contributed by atoms with Crippen molar-refractivity contribution in [3.05, 3.63) is 28.3 Å². The quantitative estimate of drug-likeness (QED) is 0.124. The molecule has 0 spiro atoms. The fourth-order valence-electron chi connectivity index (χ4n) is 2.56. The van der Waals surface area contributed by atoms with Crippen LogP contribution in [0.3, 0.4) is 0 Å². The highest BCUT2D eigenvalue weighted by Crippen LogP contribution is 2.26. The Morgan fingerprint density at radius 3 is 1.97 bits per heavy atom. The highest BCUT2D eigenvalue weighted by molar-refractivity contribution is 7.89. The molecule has 1 rings (SSSR count). The number of nitro groups is 1. The van der Waals surface area contributed by atoms with Gasteiger partial charge in [0.25, 0.3) is 5.69 Å². The molecule has 1 aromatic rings. The van der Waals surface area contributed by atoms with Crippen molar-refractivity contribution in [3.8, 4) is 0 Å². The average Bonchev–Trinajstić information content (AvgIpc) is 2.74. The van der Waals surface area contributed by atoms with Crippen LogP contribution in [0.2, 0.25) is 0 Å². The van der Waals surface area contributed by atoms with Gasteiger partial charge in [-0.3, -0.25) is 14.9 Å². The summed E-state index contributed by atoms with van der Waals surface area (Å²) in [6.07, 6.45) is 0.192. The van der Waals surface area contributed by atoms with Crippen molar-refractivity contribution in [2.45, 2.75) is 37.7 Å². The van der Waals surface area contributed by atoms with Crippen molar-refractivity contribution in [1.82, 2.24) is 0 Å². The number of hydrogen-bond donors (Lipinski definition) is 2. The van der Waals surface area contributed by atoms with Crippen LogP contribution in [0.25, 0.3) is 0 Å². The number of sulfonamides is 1. The van der Waals surface area contributed by atoms with E-state index in [1.807, 2.05) is 20.8 Å². The molecule has 0 fully saturated rings. The monoisotopic (exact) mass is 521 g/mol. The third-order valence-corrected chi connectivity index (χ3v) is 4.95. The summed E-state index contributed by atoms with van der Waals surface area (Å²) in [5.74, 6) is -0.301. The first-order chi connectivity index (χ1) is 16.4. The SMILES string of the molecule is CC(C)(C)OC(=O)CCOCCOCCOCCOCCNc1ccc(S(N)(=O)=O)cc1[N+](=O)[O-]. The second-order valence-corrected chi connectivity index (χ2v) is 9.76. The van der Waals surface area contributed by atoms with Crippen molar-refractivity contribution >= 4 is 27.4 Å². The molecule has 14 heteroatoms. The first kappa shape index (κ1) is 30.7. The number of carbonyl (C=O) groups is 1. The third-order valence-electron chi connectivity index (χ3n) is 4.04. The molecule has 0 aliphatic rings. The predicted octanol–water partition coefficient (Wildman–Crippen LogP) is 1.45. The zero-order valence-corrected chi connectivity index (χ0v) is 21.1. The highest BCUT2D eigenvalue weighted by Gasteiger charge is 2.19. The van der Waals surface area contributed by atoms with Gasteiger partial charge >= 0.3 is 5.97 Å². The number of benzene rings is 1. The highest BCUT2D eigenvalue weighted by atomic mass is 32.2. The van der Waals surface area contributed by atoms with Crippen LogP contribution in [0.15, 0.2) is 23.1 Å². The van der Waals surface area contributed by atoms with Gasteiger partial charge in [0.2, 0.25) is 10.0 Å². The van der Waals surface area contributed by atoms with Gasteiger partial charge in [-0.15, -0.1) is 0 Å². The number of nitro benzene ring substituents is 1. The summed E-state index contributed by atoms with van der Waals surface area (Å²) in [6.45, 7) is 8.40. The fourth-order valence-corrected chi connectivity index (χ4v) is 3.09. The van der Waals surface area contributed by atoms with E-state index in [4.69, 9.17) is 28.8 Å². The van der Waals surface area contributed by atoms with Gasteiger partial charge in [-0.1, -0.05) is 0 Å². The Morgan fingerprint density at radius 1 is 0.971 bits per heavy atom. The second-order valence-electron chi connectivity index (χ2n) is 8.19. The minimum absolute atomic E-state index is 0.160. The minimum Gasteiger partial charge on any atom is -0.460 e. The van der Waals surface area contributed by atoms with E-state index in [1.54, 1.807) is 0 Å². The summed E-state index contributed by atoms with van der Waals surface area (Å²) < 4.78 is 49.3. The Kier molecular flexibility index (Phi) is 13.7. The number of nitrogens with zero attached hydrogens (tertiary/aromatic N) is 1. The van der Waals surface area contributed by atoms with Crippen LogP contribution in [-0.4, -0.2) is 84.3 Å². The molecular formula is C21H35N3O10S. The van der Waals surface area contributed by atoms with E-state index in [-0.39, 0.29) is 42.7 Å². The summed E-state index contributed by atoms with van der Waals surface area (Å²) in [7, 11) is -4.03. The van der Waals surface area contributed by atoms with E-state index < -0.39 is 26.2 Å². The van der Waals surface area contributed by atoms with E-state index in [2.05, 4.69) is 5.32 Å². The number of ether oxygens (including phenoxy) is 5. The lowest BCUT2D eigenvalue weighted by Gasteiger charge is -2.19. The van der Waals surface area contributed by atoms with Crippen molar-refractivity contribution in [2.24, 2.45) is 5.14 Å². The molecule has 0 saturated heterocycles. The number of hydrogen-bond acceptors (Lipinski definition) is 11. The zero-order valence-electron chi connectivity index (χ0n) is 20.3. The predicted molar refractivity (Wildman–Crippen MR) is 127 cm³/mol. The number of rotatable bonds is 18. The number of nitrogens with one attached hydrogen (secondary N) is 1. The van der Waals surface area contributed by atoms with Crippen LogP contribution in [0.1, 0.15) is 27.2 Å². The van der Waals surface area contributed by atoms with Gasteiger partial charge in [-0.25, -0.2) is 13.6 Å². The van der Waals surface area contributed by atoms with E-state index in [0.717, 1.165) is 6.07 Å². The molecule has 0 bridgehead atoms. The molecule has 0 amide bonds. The van der Waals surface area contributed by atoms with Gasteiger partial charge in [-0.05, 0) is 32.9 Å². The van der Waals surface area contributed by atoms with Crippen LogP contribution < -0.4 is 10.5 Å². The van der Waals surface area contributed by atoms with Crippen molar-refractivity contribution < 1.29 is 41.8 Å². The van der Waals surface area contributed by atoms with Crippen LogP contribution in [0.5, 0.6) is 0 Å². The molecule has 0 heterocycles. The molecule has 0 aliphatic heterocycles. The van der Waals surface area contributed by atoms with Crippen molar-refractivity contribution in [1.29, 1.82) is 0 Å². The maximum absolute atomic E-state index is 11.5. The Morgan fingerprint density at radius 2 is 1.49 bits per heavy atom. The Balaban J connectivity index is 2.02. The number of carbonyl (C=O) groups excluding carboxylic acids is 1. The normalized spacial score (nSPS) is 11.9. The number of esters is 1. The van der Waals surface area contributed by atoms with Crippen LogP contribution in [-0.2, 0) is 38.5 Å². The molecule has 0 atom stereocenters. The van der Waals surface area contributed by atoms with E-state index in [9.17, 15) is 23.3 Å². The van der Waals surface area contributed by atoms with Crippen LogP contribution in [0.4, 0.5) is 11.4 Å². The summed E-state index contributed by atoms with van der Waals surface area (Å²) in [5.41, 5.74) is -0.737. The smallest absolute Gasteiger partial charge is 0.308 e. The first-order valence-corrected chi connectivity index (χ1v) is 12.5. The molecule has 0 aromatic heterocycles. The minimum atomic E-state index is -4.03. The van der Waals surface area contributed by atoms with Gasteiger partial charge in [0.1, 0.15) is 11.3 Å². The summed E-state index contributed by atoms with van der Waals surface area (Å²) >= 11 is 0. The van der Waals surface area contributed by atoms with Gasteiger partial charge in [0.15, 0.2) is 0 Å². The fraction of sp³-hybridized carbons (Fsp3) is 0.667. The van der Waals surface area contributed by atoms with Crippen molar-refractivity contribution in [2.75, 3.05) is 64.7 Å². The Bertz CT molecular complexity index is 903. The van der Waals surface area contributed by atoms with Gasteiger partial charge in [0.05, 0.1) is 69.1 Å². The number of nitrogens with two attached hydrogens (primary N) is 1. The average molecular weight is 522 g/mol. The van der Waals surface area contributed by atoms with Crippen molar-refractivity contribution in [3.63, 3.8) is 0 Å². The van der Waals surface area contributed by atoms with Gasteiger partial charge in [-0.2, -0.15) is 0 Å². The Labute approximate surface area is 205 Å². The molecule has 35 heavy (non-hydrogen) atoms. The standard InChI is InChI=1S/C21H35N3O10S/c1-21(2,3)34-20(25)6-8-30-10-12-32-14-15-33-13-11-31-9-7-23-18-5-4-17(35(22,28)29)16-19(18)24(26)27/h4-5,16,23H,6-15H2,1-3H3,(H2,22,28,29). The zero-order chi connectivity index (χ0) is 26.3. The van der Waals surface area contributed by atoms with Gasteiger partial charge in [0, 0.05) is 12.6 Å². The summed E-state index contributed by atoms with van der Waals surface area (Å²) in [6, 6.07) is 3.38. The molecule has 0 unspecified atom stereocenters. The molecule has 1 aromatic carbocycles. The molecule has 0 saturated carbocycles. The molecule has 13 nitrogen and oxygen atoms in total. The molecular weight excluding hydrogens is 486 g/mol. The molecule has 3 N–H and O–H groups in total. The molecule has 0 radical (unpaired) electrons. The van der Waals surface area contributed by atoms with Gasteiger partial charge < -0.3 is 29.0 Å². The summed E-state index contributed by atoms with van der Waals surface area (Å²) in [4.78, 5) is 21.6. The topological polar surface area (TPSA) is 179 Å².